The van der Waals surface area contributed by atoms with E-state index < -0.39 is 0 Å². The van der Waals surface area contributed by atoms with Crippen molar-refractivity contribution in [3.05, 3.63) is 31.1 Å². The zero-order valence-electron chi connectivity index (χ0n) is 9.70. The molecule has 3 aromatic heterocycles. The second-order valence-electron chi connectivity index (χ2n) is 3.52. The molecule has 6 nitrogen and oxygen atoms in total. The van der Waals surface area contributed by atoms with E-state index >= 15 is 0 Å². The molecular weight excluding hydrogens is 250 g/mol. The summed E-state index contributed by atoms with van der Waals surface area (Å²) in [4.78, 5) is 12.9. The molecule has 3 aromatic rings. The number of aromatic nitrogens is 4. The van der Waals surface area contributed by atoms with Crippen molar-refractivity contribution in [1.82, 2.24) is 19.4 Å². The Morgan fingerprint density at radius 1 is 1.39 bits per heavy atom. The summed E-state index contributed by atoms with van der Waals surface area (Å²) < 4.78 is 7.14. The molecule has 0 saturated carbocycles. The van der Waals surface area contributed by atoms with Crippen LogP contribution >= 0.6 is 11.8 Å². The van der Waals surface area contributed by atoms with Gasteiger partial charge < -0.3 is 14.1 Å². The maximum Gasteiger partial charge on any atom is 0.262 e. The lowest BCUT2D eigenvalue weighted by Crippen LogP contribution is -2.02. The summed E-state index contributed by atoms with van der Waals surface area (Å²) in [5.74, 6) is 0.803. The highest BCUT2D eigenvalue weighted by Crippen LogP contribution is 2.28. The van der Waals surface area contributed by atoms with E-state index in [2.05, 4.69) is 20.3 Å². The zero-order valence-corrected chi connectivity index (χ0v) is 10.5. The topological polar surface area (TPSA) is 68.2 Å². The van der Waals surface area contributed by atoms with Crippen molar-refractivity contribution in [2.45, 2.75) is 17.2 Å². The Morgan fingerprint density at radius 3 is 3.11 bits per heavy atom. The number of nitrogens with zero attached hydrogens (tertiary/aromatic N) is 4. The highest BCUT2D eigenvalue weighted by Gasteiger charge is 2.11. The van der Waals surface area contributed by atoms with E-state index in [0.717, 1.165) is 23.0 Å². The van der Waals surface area contributed by atoms with Gasteiger partial charge in [0.2, 0.25) is 0 Å². The Morgan fingerprint density at radius 2 is 2.33 bits per heavy atom. The summed E-state index contributed by atoms with van der Waals surface area (Å²) in [6.45, 7) is 2.84. The second-order valence-corrected chi connectivity index (χ2v) is 4.46. The van der Waals surface area contributed by atoms with Gasteiger partial charge in [-0.05, 0) is 18.7 Å². The summed E-state index contributed by atoms with van der Waals surface area (Å²) in [7, 11) is 0. The predicted molar refractivity (Wildman–Crippen MR) is 67.8 cm³/mol. The molecule has 0 aliphatic carbocycles. The lowest BCUT2D eigenvalue weighted by Gasteiger charge is -2.06. The van der Waals surface area contributed by atoms with Crippen LogP contribution < -0.4 is 5.32 Å². The number of fused-ring (bicyclic) bond motifs is 1. The average molecular weight is 261 g/mol. The molecule has 3 heterocycles. The van der Waals surface area contributed by atoms with Crippen molar-refractivity contribution in [2.24, 2.45) is 0 Å². The zero-order chi connectivity index (χ0) is 12.4. The quantitative estimate of drug-likeness (QED) is 0.777. The number of rotatable bonds is 4. The third kappa shape index (κ3) is 2.04. The van der Waals surface area contributed by atoms with E-state index in [1.807, 2.05) is 23.7 Å². The van der Waals surface area contributed by atoms with E-state index in [0.29, 0.717) is 5.22 Å². The number of oxazole rings is 1. The highest BCUT2D eigenvalue weighted by molar-refractivity contribution is 7.99. The molecule has 0 bridgehead atoms. The maximum absolute atomic E-state index is 5.22. The summed E-state index contributed by atoms with van der Waals surface area (Å²) in [5, 5.41) is 4.51. The number of anilines is 1. The van der Waals surface area contributed by atoms with E-state index in [1.54, 1.807) is 18.7 Å². The van der Waals surface area contributed by atoms with Crippen LogP contribution in [-0.4, -0.2) is 25.9 Å². The molecule has 3 rings (SSSR count). The first kappa shape index (κ1) is 11.1. The summed E-state index contributed by atoms with van der Waals surface area (Å²) >= 11 is 1.36. The summed E-state index contributed by atoms with van der Waals surface area (Å²) in [6, 6.07) is 0. The largest absolute Gasteiger partial charge is 0.440 e. The minimum atomic E-state index is 0.557. The van der Waals surface area contributed by atoms with E-state index in [4.69, 9.17) is 4.42 Å². The Hall–Kier alpha value is -2.02. The van der Waals surface area contributed by atoms with Gasteiger partial charge in [-0.3, -0.25) is 0 Å². The number of hydrogen-bond acceptors (Lipinski definition) is 6. The van der Waals surface area contributed by atoms with Gasteiger partial charge in [-0.1, -0.05) is 0 Å². The van der Waals surface area contributed by atoms with E-state index in [9.17, 15) is 0 Å². The molecule has 0 aromatic carbocycles. The molecule has 0 amide bonds. The number of imidazole rings is 1. The standard InChI is InChI=1S/C11H11N5OS/c1-2-12-8-7-16-5-3-13-9(16)10(15-8)18-11-14-4-6-17-11/h3-7,12H,2H2,1H3. The average Bonchev–Trinajstić information content (AvgIpc) is 2.99. The second kappa shape index (κ2) is 4.69. The minimum absolute atomic E-state index is 0.557. The molecule has 0 spiro atoms. The fraction of sp³-hybridized carbons (Fsp3) is 0.182. The smallest absolute Gasteiger partial charge is 0.262 e. The molecule has 0 aliphatic heterocycles. The molecule has 0 atom stereocenters. The predicted octanol–water partition coefficient (Wildman–Crippen LogP) is 2.30. The molecular formula is C11H11N5OS. The lowest BCUT2D eigenvalue weighted by molar-refractivity contribution is 0.454. The first-order chi connectivity index (χ1) is 8.86. The van der Waals surface area contributed by atoms with Crippen LogP contribution in [0.1, 0.15) is 6.92 Å². The van der Waals surface area contributed by atoms with Crippen LogP contribution in [0.5, 0.6) is 0 Å². The van der Waals surface area contributed by atoms with Crippen LogP contribution in [0.25, 0.3) is 5.65 Å². The Labute approximate surface area is 107 Å². The molecule has 0 saturated heterocycles. The van der Waals surface area contributed by atoms with Crippen molar-refractivity contribution < 1.29 is 4.42 Å². The molecule has 0 fully saturated rings. The van der Waals surface area contributed by atoms with Gasteiger partial charge in [0.05, 0.1) is 12.4 Å². The highest BCUT2D eigenvalue weighted by atomic mass is 32.2. The van der Waals surface area contributed by atoms with E-state index in [-0.39, 0.29) is 0 Å². The van der Waals surface area contributed by atoms with Gasteiger partial charge in [0.1, 0.15) is 12.1 Å². The van der Waals surface area contributed by atoms with Crippen LogP contribution in [0.2, 0.25) is 0 Å². The van der Waals surface area contributed by atoms with Gasteiger partial charge in [0, 0.05) is 18.9 Å². The molecule has 0 radical (unpaired) electrons. The monoisotopic (exact) mass is 261 g/mol. The van der Waals surface area contributed by atoms with Crippen molar-refractivity contribution in [2.75, 3.05) is 11.9 Å². The van der Waals surface area contributed by atoms with Crippen molar-refractivity contribution in [3.63, 3.8) is 0 Å². The van der Waals surface area contributed by atoms with Crippen molar-refractivity contribution in [3.8, 4) is 0 Å². The van der Waals surface area contributed by atoms with Gasteiger partial charge in [-0.2, -0.15) is 0 Å². The third-order valence-corrected chi connectivity index (χ3v) is 3.14. The molecule has 7 heteroatoms. The molecule has 0 unspecified atom stereocenters. The molecule has 1 N–H and O–H groups in total. The van der Waals surface area contributed by atoms with Crippen LogP contribution in [0.4, 0.5) is 5.82 Å². The van der Waals surface area contributed by atoms with Crippen LogP contribution in [0.3, 0.4) is 0 Å². The fourth-order valence-electron chi connectivity index (χ4n) is 1.58. The van der Waals surface area contributed by atoms with Gasteiger partial charge in [0.15, 0.2) is 10.7 Å². The normalized spacial score (nSPS) is 10.9. The van der Waals surface area contributed by atoms with Crippen molar-refractivity contribution >= 4 is 23.2 Å². The van der Waals surface area contributed by atoms with Crippen LogP contribution in [0, 0.1) is 0 Å². The number of nitrogens with one attached hydrogen (secondary N) is 1. The van der Waals surface area contributed by atoms with Gasteiger partial charge >= 0.3 is 0 Å². The van der Waals surface area contributed by atoms with Gasteiger partial charge in [-0.15, -0.1) is 0 Å². The van der Waals surface area contributed by atoms with Crippen LogP contribution in [0.15, 0.2) is 45.7 Å². The SMILES string of the molecule is CCNc1cn2ccnc2c(Sc2ncco2)n1. The van der Waals surface area contributed by atoms with Gasteiger partial charge in [0.25, 0.3) is 5.22 Å². The molecule has 92 valence electrons. The van der Waals surface area contributed by atoms with Gasteiger partial charge in [-0.25, -0.2) is 15.0 Å². The third-order valence-electron chi connectivity index (χ3n) is 2.29. The Bertz CT molecular complexity index is 649. The molecule has 18 heavy (non-hydrogen) atoms. The first-order valence-electron chi connectivity index (χ1n) is 5.51. The molecule has 0 aliphatic rings. The summed E-state index contributed by atoms with van der Waals surface area (Å²) in [5.41, 5.74) is 0.792. The Kier molecular flexibility index (Phi) is 2.89. The van der Waals surface area contributed by atoms with E-state index in [1.165, 1.54) is 11.8 Å². The summed E-state index contributed by atoms with van der Waals surface area (Å²) in [6.07, 6.45) is 8.69. The maximum atomic E-state index is 5.22. The fourth-order valence-corrected chi connectivity index (χ4v) is 2.36. The Balaban J connectivity index is 2.04. The number of hydrogen-bond donors (Lipinski definition) is 1. The van der Waals surface area contributed by atoms with Crippen LogP contribution in [-0.2, 0) is 0 Å². The first-order valence-corrected chi connectivity index (χ1v) is 6.33. The van der Waals surface area contributed by atoms with Crippen molar-refractivity contribution in [1.29, 1.82) is 0 Å². The minimum Gasteiger partial charge on any atom is -0.440 e. The lowest BCUT2D eigenvalue weighted by atomic mass is 10.6.